The van der Waals surface area contributed by atoms with Crippen molar-refractivity contribution in [3.8, 4) is 22.5 Å². The second-order valence-electron chi connectivity index (χ2n) is 7.27. The third-order valence-electron chi connectivity index (χ3n) is 5.45. The molecule has 1 fully saturated rings. The Labute approximate surface area is 162 Å². The number of carbonyl (C=O) groups excluding carboxylic acids is 1. The topological polar surface area (TPSA) is 49.3 Å². The Hall–Kier alpha value is -3.12. The molecule has 140 valence electrons. The zero-order chi connectivity index (χ0) is 19.3. The van der Waals surface area contributed by atoms with Crippen LogP contribution in [0.25, 0.3) is 22.5 Å². The normalized spacial score (nSPS) is 16.2. The average molecular weight is 374 g/mol. The molecule has 0 bridgehead atoms. The third kappa shape index (κ3) is 2.68. The molecule has 0 radical (unpaired) electrons. The van der Waals surface area contributed by atoms with Gasteiger partial charge in [-0.2, -0.15) is 0 Å². The number of nitrogens with zero attached hydrogens (tertiary/aromatic N) is 4. The molecule has 0 atom stereocenters. The second-order valence-corrected chi connectivity index (χ2v) is 7.27. The van der Waals surface area contributed by atoms with E-state index in [9.17, 15) is 9.18 Å². The molecule has 0 unspecified atom stereocenters. The van der Waals surface area contributed by atoms with E-state index in [-0.39, 0.29) is 11.6 Å². The summed E-state index contributed by atoms with van der Waals surface area (Å²) in [5.74, 6) is 0.230. The third-order valence-corrected chi connectivity index (χ3v) is 5.45. The van der Waals surface area contributed by atoms with Crippen LogP contribution in [0.3, 0.4) is 0 Å². The number of fused-ring (bicyclic) bond motifs is 3. The van der Waals surface area contributed by atoms with Crippen molar-refractivity contribution in [1.29, 1.82) is 0 Å². The lowest BCUT2D eigenvalue weighted by Gasteiger charge is -2.32. The van der Waals surface area contributed by atoms with Crippen molar-refractivity contribution < 1.29 is 9.18 Å². The first-order valence-electron chi connectivity index (χ1n) is 9.37. The van der Waals surface area contributed by atoms with Crippen LogP contribution < -0.4 is 4.90 Å². The maximum absolute atomic E-state index is 13.5. The van der Waals surface area contributed by atoms with E-state index in [0.717, 1.165) is 37.3 Å². The van der Waals surface area contributed by atoms with Crippen LogP contribution in [0.4, 0.5) is 10.3 Å². The first-order valence-corrected chi connectivity index (χ1v) is 9.37. The van der Waals surface area contributed by atoms with E-state index in [4.69, 9.17) is 9.97 Å². The molecule has 1 aromatic heterocycles. The molecule has 5 nitrogen and oxygen atoms in total. The molecule has 0 saturated carbocycles. The van der Waals surface area contributed by atoms with Gasteiger partial charge in [0.05, 0.1) is 17.0 Å². The number of hydrogen-bond donors (Lipinski definition) is 0. The van der Waals surface area contributed by atoms with Crippen molar-refractivity contribution in [3.63, 3.8) is 0 Å². The van der Waals surface area contributed by atoms with Crippen LogP contribution >= 0.6 is 0 Å². The van der Waals surface area contributed by atoms with E-state index < -0.39 is 0 Å². The van der Waals surface area contributed by atoms with Gasteiger partial charge < -0.3 is 9.80 Å². The van der Waals surface area contributed by atoms with Gasteiger partial charge in [0, 0.05) is 42.9 Å². The van der Waals surface area contributed by atoms with Crippen molar-refractivity contribution in [1.82, 2.24) is 14.9 Å². The molecular weight excluding hydrogens is 355 g/mol. The zero-order valence-electron chi connectivity index (χ0n) is 15.5. The highest BCUT2D eigenvalue weighted by atomic mass is 19.1. The maximum atomic E-state index is 13.5. The molecule has 2 heterocycles. The summed E-state index contributed by atoms with van der Waals surface area (Å²) in [4.78, 5) is 27.1. The number of halogens is 1. The summed E-state index contributed by atoms with van der Waals surface area (Å²) in [6.07, 6.45) is 0. The van der Waals surface area contributed by atoms with Crippen LogP contribution in [0.2, 0.25) is 0 Å². The van der Waals surface area contributed by atoms with Crippen molar-refractivity contribution in [2.45, 2.75) is 0 Å². The monoisotopic (exact) mass is 374 g/mol. The number of hydrogen-bond acceptors (Lipinski definition) is 5. The minimum absolute atomic E-state index is 0.0742. The predicted octanol–water partition coefficient (Wildman–Crippen LogP) is 3.25. The van der Waals surface area contributed by atoms with E-state index in [1.54, 1.807) is 12.1 Å². The summed E-state index contributed by atoms with van der Waals surface area (Å²) in [5.41, 5.74) is 3.94. The van der Waals surface area contributed by atoms with Gasteiger partial charge in [0.1, 0.15) is 5.82 Å². The van der Waals surface area contributed by atoms with E-state index in [1.807, 2.05) is 24.3 Å². The number of aromatic nitrogens is 2. The summed E-state index contributed by atoms with van der Waals surface area (Å²) in [6.45, 7) is 3.52. The van der Waals surface area contributed by atoms with Crippen LogP contribution in [0.5, 0.6) is 0 Å². The fourth-order valence-electron chi connectivity index (χ4n) is 3.85. The van der Waals surface area contributed by atoms with E-state index >= 15 is 0 Å². The molecule has 6 heteroatoms. The molecule has 1 aliphatic heterocycles. The maximum Gasteiger partial charge on any atom is 0.226 e. The van der Waals surface area contributed by atoms with Gasteiger partial charge in [0.25, 0.3) is 0 Å². The number of carbonyl (C=O) groups is 1. The van der Waals surface area contributed by atoms with Gasteiger partial charge in [-0.3, -0.25) is 4.79 Å². The number of rotatable bonds is 2. The van der Waals surface area contributed by atoms with Crippen molar-refractivity contribution in [2.75, 3.05) is 38.1 Å². The highest BCUT2D eigenvalue weighted by Crippen LogP contribution is 2.40. The van der Waals surface area contributed by atoms with Crippen LogP contribution in [0, 0.1) is 5.82 Å². The molecule has 5 rings (SSSR count). The van der Waals surface area contributed by atoms with Crippen molar-refractivity contribution >= 4 is 11.7 Å². The van der Waals surface area contributed by atoms with Crippen LogP contribution in [-0.2, 0) is 0 Å². The van der Waals surface area contributed by atoms with Crippen molar-refractivity contribution in [3.05, 3.63) is 65.5 Å². The first-order chi connectivity index (χ1) is 13.6. The van der Waals surface area contributed by atoms with Crippen LogP contribution in [0.15, 0.2) is 48.5 Å². The van der Waals surface area contributed by atoms with E-state index in [0.29, 0.717) is 28.5 Å². The summed E-state index contributed by atoms with van der Waals surface area (Å²) in [5, 5.41) is 0. The molecule has 28 heavy (non-hydrogen) atoms. The van der Waals surface area contributed by atoms with Gasteiger partial charge >= 0.3 is 0 Å². The van der Waals surface area contributed by atoms with Gasteiger partial charge in [-0.15, -0.1) is 0 Å². The molecule has 0 amide bonds. The lowest BCUT2D eigenvalue weighted by Crippen LogP contribution is -2.45. The highest BCUT2D eigenvalue weighted by molar-refractivity contribution is 6.23. The van der Waals surface area contributed by atoms with Gasteiger partial charge in [0.2, 0.25) is 5.95 Å². The summed E-state index contributed by atoms with van der Waals surface area (Å²) in [6, 6.07) is 13.6. The predicted molar refractivity (Wildman–Crippen MR) is 106 cm³/mol. The van der Waals surface area contributed by atoms with E-state index in [1.165, 1.54) is 12.1 Å². The number of anilines is 1. The fourth-order valence-corrected chi connectivity index (χ4v) is 3.85. The SMILES string of the molecule is CN1CCN(c2nc(-c3ccc(F)cc3)c3c(n2)-c2ccccc2C3=O)CC1. The minimum atomic E-state index is -0.316. The largest absolute Gasteiger partial charge is 0.338 e. The Balaban J connectivity index is 1.71. The Morgan fingerprint density at radius 1 is 0.857 bits per heavy atom. The number of likely N-dealkylation sites (N-methyl/N-ethyl adjacent to an activating group) is 1. The smallest absolute Gasteiger partial charge is 0.226 e. The molecule has 0 spiro atoms. The Bertz CT molecular complexity index is 1070. The van der Waals surface area contributed by atoms with E-state index in [2.05, 4.69) is 16.8 Å². The molecule has 3 aromatic rings. The Morgan fingerprint density at radius 2 is 1.50 bits per heavy atom. The standard InChI is InChI=1S/C22H19FN4O/c1-26-10-12-27(13-11-26)22-24-19(14-6-8-15(23)9-7-14)18-20(25-22)16-4-2-3-5-17(16)21(18)28/h2-9H,10-13H2,1H3. The minimum Gasteiger partial charge on any atom is -0.338 e. The summed E-state index contributed by atoms with van der Waals surface area (Å²) < 4.78 is 13.5. The quantitative estimate of drug-likeness (QED) is 0.539. The van der Waals surface area contributed by atoms with Crippen LogP contribution in [0.1, 0.15) is 15.9 Å². The zero-order valence-corrected chi connectivity index (χ0v) is 15.5. The Kier molecular flexibility index (Phi) is 3.94. The average Bonchev–Trinajstić information content (AvgIpc) is 3.01. The molecule has 1 aliphatic carbocycles. The van der Waals surface area contributed by atoms with Gasteiger partial charge in [0.15, 0.2) is 5.78 Å². The lowest BCUT2D eigenvalue weighted by atomic mass is 10.0. The summed E-state index contributed by atoms with van der Waals surface area (Å²) in [7, 11) is 2.10. The second kappa shape index (κ2) is 6.49. The van der Waals surface area contributed by atoms with Gasteiger partial charge in [-0.05, 0) is 31.3 Å². The lowest BCUT2D eigenvalue weighted by molar-refractivity contribution is 0.104. The molecule has 1 saturated heterocycles. The molecular formula is C22H19FN4O. The van der Waals surface area contributed by atoms with Crippen LogP contribution in [-0.4, -0.2) is 53.9 Å². The molecule has 0 N–H and O–H groups in total. The van der Waals surface area contributed by atoms with Gasteiger partial charge in [-0.25, -0.2) is 14.4 Å². The highest BCUT2D eigenvalue weighted by Gasteiger charge is 2.33. The Morgan fingerprint density at radius 3 is 2.21 bits per heavy atom. The number of benzene rings is 2. The fraction of sp³-hybridized carbons (Fsp3) is 0.227. The summed E-state index contributed by atoms with van der Waals surface area (Å²) >= 11 is 0. The van der Waals surface area contributed by atoms with Crippen molar-refractivity contribution in [2.24, 2.45) is 0 Å². The first kappa shape index (κ1) is 17.0. The number of ketones is 1. The molecule has 2 aliphatic rings. The number of piperazine rings is 1. The van der Waals surface area contributed by atoms with Gasteiger partial charge in [-0.1, -0.05) is 24.3 Å². The molecule has 2 aromatic carbocycles.